The zero-order chi connectivity index (χ0) is 13.1. The van der Waals surface area contributed by atoms with E-state index in [1.165, 1.54) is 31.4 Å². The third-order valence-corrected chi connectivity index (χ3v) is 4.66. The highest BCUT2D eigenvalue weighted by molar-refractivity contribution is 9.10. The van der Waals surface area contributed by atoms with Gasteiger partial charge in [-0.3, -0.25) is 4.79 Å². The van der Waals surface area contributed by atoms with E-state index in [9.17, 15) is 4.79 Å². The van der Waals surface area contributed by atoms with Crippen LogP contribution in [0.1, 0.15) is 43.0 Å². The minimum absolute atomic E-state index is 0.625. The van der Waals surface area contributed by atoms with Crippen LogP contribution in [0.5, 0.6) is 0 Å². The number of benzene rings is 1. The van der Waals surface area contributed by atoms with Crippen LogP contribution < -0.4 is 4.90 Å². The van der Waals surface area contributed by atoms with Gasteiger partial charge in [0.05, 0.1) is 5.69 Å². The molecule has 2 rings (SSSR count). The van der Waals surface area contributed by atoms with E-state index in [-0.39, 0.29) is 0 Å². The molecule has 1 aromatic rings. The van der Waals surface area contributed by atoms with E-state index in [4.69, 9.17) is 0 Å². The molecule has 0 spiro atoms. The van der Waals surface area contributed by atoms with Gasteiger partial charge in [0.15, 0.2) is 0 Å². The van der Waals surface area contributed by atoms with Crippen molar-refractivity contribution in [3.63, 3.8) is 0 Å². The maximum atomic E-state index is 10.7. The zero-order valence-electron chi connectivity index (χ0n) is 11.0. The molecular formula is C15H20BrNO. The molecule has 0 N–H and O–H groups in total. The molecule has 1 aliphatic rings. The van der Waals surface area contributed by atoms with Gasteiger partial charge < -0.3 is 4.90 Å². The predicted molar refractivity (Wildman–Crippen MR) is 79.4 cm³/mol. The molecule has 0 aromatic heterocycles. The number of hydrogen-bond donors (Lipinski definition) is 0. The first-order chi connectivity index (χ1) is 8.61. The van der Waals surface area contributed by atoms with Crippen molar-refractivity contribution in [1.29, 1.82) is 0 Å². The molecular weight excluding hydrogens is 290 g/mol. The van der Waals surface area contributed by atoms with E-state index >= 15 is 0 Å². The van der Waals surface area contributed by atoms with E-state index in [1.807, 2.05) is 18.2 Å². The van der Waals surface area contributed by atoms with Gasteiger partial charge in [-0.05, 0) is 65.7 Å². The summed E-state index contributed by atoms with van der Waals surface area (Å²) in [5, 5.41) is 0. The first-order valence-corrected chi connectivity index (χ1v) is 7.38. The smallest absolute Gasteiger partial charge is 0.150 e. The number of hydrogen-bond acceptors (Lipinski definition) is 2. The molecule has 0 radical (unpaired) electrons. The lowest BCUT2D eigenvalue weighted by molar-refractivity contribution is 0.112. The number of carbonyl (C=O) groups excluding carboxylic acids is 1. The van der Waals surface area contributed by atoms with Crippen molar-refractivity contribution in [2.24, 2.45) is 5.92 Å². The van der Waals surface area contributed by atoms with E-state index in [0.29, 0.717) is 6.04 Å². The van der Waals surface area contributed by atoms with Crippen molar-refractivity contribution < 1.29 is 4.79 Å². The van der Waals surface area contributed by atoms with Gasteiger partial charge in [-0.15, -0.1) is 0 Å². The topological polar surface area (TPSA) is 20.3 Å². The Kier molecular flexibility index (Phi) is 4.44. The van der Waals surface area contributed by atoms with Crippen LogP contribution in [0.15, 0.2) is 22.7 Å². The lowest BCUT2D eigenvalue weighted by Crippen LogP contribution is -2.35. The zero-order valence-corrected chi connectivity index (χ0v) is 12.6. The Bertz CT molecular complexity index is 425. The molecule has 0 amide bonds. The van der Waals surface area contributed by atoms with Crippen LogP contribution in [0.3, 0.4) is 0 Å². The number of halogens is 1. The van der Waals surface area contributed by atoms with Gasteiger partial charge in [0.25, 0.3) is 0 Å². The summed E-state index contributed by atoms with van der Waals surface area (Å²) in [5.41, 5.74) is 1.90. The molecule has 0 heterocycles. The second kappa shape index (κ2) is 5.87. The molecule has 0 saturated heterocycles. The molecule has 0 unspecified atom stereocenters. The molecule has 3 heteroatoms. The lowest BCUT2D eigenvalue weighted by atomic mass is 9.86. The SMILES string of the molecule is CC1CCC(N(C)c2ccc(C=O)cc2Br)CC1. The van der Waals surface area contributed by atoms with Crippen LogP contribution in [0.4, 0.5) is 5.69 Å². The first kappa shape index (κ1) is 13.6. The summed E-state index contributed by atoms with van der Waals surface area (Å²) >= 11 is 3.57. The number of aldehydes is 1. The predicted octanol–water partition coefficient (Wildman–Crippen LogP) is 4.28. The largest absolute Gasteiger partial charge is 0.371 e. The number of carbonyl (C=O) groups is 1. The Hall–Kier alpha value is -0.830. The molecule has 0 atom stereocenters. The molecule has 1 saturated carbocycles. The third-order valence-electron chi connectivity index (χ3n) is 4.02. The molecule has 0 bridgehead atoms. The van der Waals surface area contributed by atoms with Crippen LogP contribution >= 0.6 is 15.9 Å². The highest BCUT2D eigenvalue weighted by Crippen LogP contribution is 2.33. The van der Waals surface area contributed by atoms with Gasteiger partial charge in [0, 0.05) is 23.1 Å². The number of anilines is 1. The van der Waals surface area contributed by atoms with Gasteiger partial charge in [0.2, 0.25) is 0 Å². The van der Waals surface area contributed by atoms with Crippen molar-refractivity contribution in [1.82, 2.24) is 0 Å². The molecule has 2 nitrogen and oxygen atoms in total. The Balaban J connectivity index is 2.13. The van der Waals surface area contributed by atoms with Gasteiger partial charge in [-0.1, -0.05) is 6.92 Å². The summed E-state index contributed by atoms with van der Waals surface area (Å²) in [6.45, 7) is 2.34. The number of rotatable bonds is 3. The van der Waals surface area contributed by atoms with Crippen molar-refractivity contribution in [2.45, 2.75) is 38.6 Å². The summed E-state index contributed by atoms with van der Waals surface area (Å²) in [5.74, 6) is 0.871. The van der Waals surface area contributed by atoms with Crippen LogP contribution in [0.2, 0.25) is 0 Å². The fourth-order valence-corrected chi connectivity index (χ4v) is 3.39. The quantitative estimate of drug-likeness (QED) is 0.777. The maximum absolute atomic E-state index is 10.7. The van der Waals surface area contributed by atoms with Gasteiger partial charge >= 0.3 is 0 Å². The maximum Gasteiger partial charge on any atom is 0.150 e. The average molecular weight is 310 g/mol. The van der Waals surface area contributed by atoms with Crippen molar-refractivity contribution in [3.05, 3.63) is 28.2 Å². The Morgan fingerprint density at radius 2 is 1.94 bits per heavy atom. The Morgan fingerprint density at radius 3 is 2.50 bits per heavy atom. The standard InChI is InChI=1S/C15H20BrNO/c1-11-3-6-13(7-4-11)17(2)15-8-5-12(10-18)9-14(15)16/h5,8-11,13H,3-4,6-7H2,1-2H3. The summed E-state index contributed by atoms with van der Waals surface area (Å²) in [7, 11) is 2.15. The van der Waals surface area contributed by atoms with Gasteiger partial charge in [-0.25, -0.2) is 0 Å². The average Bonchev–Trinajstić information content (AvgIpc) is 2.38. The van der Waals surface area contributed by atoms with Crippen LogP contribution in [-0.4, -0.2) is 19.4 Å². The van der Waals surface area contributed by atoms with E-state index in [0.717, 1.165) is 22.2 Å². The van der Waals surface area contributed by atoms with Crippen molar-refractivity contribution in [3.8, 4) is 0 Å². The van der Waals surface area contributed by atoms with E-state index in [2.05, 4.69) is 34.8 Å². The first-order valence-electron chi connectivity index (χ1n) is 6.59. The summed E-state index contributed by atoms with van der Waals surface area (Å²) in [4.78, 5) is 13.1. The molecule has 1 aliphatic carbocycles. The highest BCUT2D eigenvalue weighted by Gasteiger charge is 2.22. The van der Waals surface area contributed by atoms with Crippen LogP contribution in [-0.2, 0) is 0 Å². The van der Waals surface area contributed by atoms with Gasteiger partial charge in [-0.2, -0.15) is 0 Å². The Morgan fingerprint density at radius 1 is 1.28 bits per heavy atom. The minimum Gasteiger partial charge on any atom is -0.371 e. The van der Waals surface area contributed by atoms with Crippen molar-refractivity contribution in [2.75, 3.05) is 11.9 Å². The van der Waals surface area contributed by atoms with Crippen LogP contribution in [0.25, 0.3) is 0 Å². The minimum atomic E-state index is 0.625. The molecule has 0 aliphatic heterocycles. The van der Waals surface area contributed by atoms with E-state index < -0.39 is 0 Å². The normalized spacial score (nSPS) is 23.7. The second-order valence-corrected chi connectivity index (χ2v) is 6.21. The monoisotopic (exact) mass is 309 g/mol. The number of nitrogens with zero attached hydrogens (tertiary/aromatic N) is 1. The summed E-state index contributed by atoms with van der Waals surface area (Å²) < 4.78 is 1.01. The molecule has 18 heavy (non-hydrogen) atoms. The lowest BCUT2D eigenvalue weighted by Gasteiger charge is -2.35. The van der Waals surface area contributed by atoms with E-state index in [1.54, 1.807) is 0 Å². The molecule has 1 aromatic carbocycles. The summed E-state index contributed by atoms with van der Waals surface area (Å²) in [6.07, 6.45) is 6.05. The second-order valence-electron chi connectivity index (χ2n) is 5.35. The van der Waals surface area contributed by atoms with Crippen molar-refractivity contribution >= 4 is 27.9 Å². The Labute approximate surface area is 117 Å². The van der Waals surface area contributed by atoms with Gasteiger partial charge in [0.1, 0.15) is 6.29 Å². The molecule has 98 valence electrons. The highest BCUT2D eigenvalue weighted by atomic mass is 79.9. The fraction of sp³-hybridized carbons (Fsp3) is 0.533. The third kappa shape index (κ3) is 2.94. The molecule has 1 fully saturated rings. The summed E-state index contributed by atoms with van der Waals surface area (Å²) in [6, 6.07) is 6.44. The van der Waals surface area contributed by atoms with Crippen LogP contribution in [0, 0.1) is 5.92 Å². The fourth-order valence-electron chi connectivity index (χ4n) is 2.71.